The van der Waals surface area contributed by atoms with E-state index in [0.717, 1.165) is 7.11 Å². The molecule has 1 aliphatic heterocycles. The average Bonchev–Trinajstić information content (AvgIpc) is 3.60. The molecular weight excluding hydrogens is 754 g/mol. The van der Waals surface area contributed by atoms with Crippen molar-refractivity contribution in [2.75, 3.05) is 14.2 Å². The van der Waals surface area contributed by atoms with Crippen LogP contribution in [0, 0.1) is 0 Å². The lowest BCUT2D eigenvalue weighted by Crippen LogP contribution is -2.46. The van der Waals surface area contributed by atoms with Crippen LogP contribution < -0.4 is 20.8 Å². The predicted octanol–water partition coefficient (Wildman–Crippen LogP) is 5.44. The van der Waals surface area contributed by atoms with Gasteiger partial charge in [-0.2, -0.15) is 0 Å². The number of ether oxygens (including phenoxy) is 5. The Hall–Kier alpha value is -6.78. The molecule has 0 fully saturated rings. The average molecular weight is 800 g/mol. The van der Waals surface area contributed by atoms with Crippen LogP contribution in [0.3, 0.4) is 0 Å². The highest BCUT2D eigenvalue weighted by molar-refractivity contribution is 6.10. The lowest BCUT2D eigenvalue weighted by Gasteiger charge is -2.23. The second-order valence-corrected chi connectivity index (χ2v) is 15.1. The van der Waals surface area contributed by atoms with Crippen molar-refractivity contribution in [3.05, 3.63) is 88.3 Å². The summed E-state index contributed by atoms with van der Waals surface area (Å²) in [5, 5.41) is 13.7. The molecule has 0 saturated carbocycles. The molecule has 306 valence electrons. The summed E-state index contributed by atoms with van der Waals surface area (Å²) < 4.78 is 33.9. The zero-order chi connectivity index (χ0) is 42.4. The van der Waals surface area contributed by atoms with E-state index in [-0.39, 0.29) is 29.9 Å². The lowest BCUT2D eigenvalue weighted by atomic mass is 9.88. The summed E-state index contributed by atoms with van der Waals surface area (Å²) in [6.45, 7) is 9.94. The van der Waals surface area contributed by atoms with Gasteiger partial charge in [0.05, 0.1) is 27.0 Å². The summed E-state index contributed by atoms with van der Waals surface area (Å²) in [6.07, 6.45) is -0.583. The first-order chi connectivity index (χ1) is 27.3. The fourth-order valence-electron chi connectivity index (χ4n) is 5.87. The van der Waals surface area contributed by atoms with E-state index in [1.807, 2.05) is 0 Å². The van der Waals surface area contributed by atoms with Gasteiger partial charge in [-0.05, 0) is 71.4 Å². The fourth-order valence-corrected chi connectivity index (χ4v) is 5.87. The maximum atomic E-state index is 14.0. The molecule has 17 nitrogen and oxygen atoms in total. The van der Waals surface area contributed by atoms with Crippen molar-refractivity contribution in [2.45, 2.75) is 84.4 Å². The summed E-state index contributed by atoms with van der Waals surface area (Å²) in [7, 11) is 2.35. The number of rotatable bonds is 13. The van der Waals surface area contributed by atoms with E-state index in [1.165, 1.54) is 23.9 Å². The number of hydrogen-bond acceptors (Lipinski definition) is 14. The molecule has 2 aliphatic rings. The first kappa shape index (κ1) is 42.4. The highest BCUT2D eigenvalue weighted by Gasteiger charge is 2.30. The number of carbonyl (C=O) groups is 5. The summed E-state index contributed by atoms with van der Waals surface area (Å²) in [5.74, 6) is -1.40. The third-order valence-electron chi connectivity index (χ3n) is 8.25. The molecule has 17 heteroatoms. The summed E-state index contributed by atoms with van der Waals surface area (Å²) in [6, 6.07) is 13.7. The van der Waals surface area contributed by atoms with Crippen LogP contribution in [-0.2, 0) is 41.7 Å². The molecule has 2 heterocycles. The Labute approximate surface area is 333 Å². The molecular formula is C41H45N5O12. The normalized spacial score (nSPS) is 12.6. The third kappa shape index (κ3) is 11.0. The minimum absolute atomic E-state index is 0.0466. The van der Waals surface area contributed by atoms with Crippen LogP contribution in [-0.4, -0.2) is 82.4 Å². The monoisotopic (exact) mass is 799 g/mol. The molecule has 0 bridgehead atoms. The van der Waals surface area contributed by atoms with Crippen molar-refractivity contribution in [2.24, 2.45) is 0 Å². The zero-order valence-corrected chi connectivity index (χ0v) is 33.4. The van der Waals surface area contributed by atoms with Crippen molar-refractivity contribution in [3.8, 4) is 28.2 Å². The van der Waals surface area contributed by atoms with E-state index < -0.39 is 59.6 Å². The number of nitrogens with zero attached hydrogens (tertiary/aromatic N) is 3. The molecule has 1 aromatic heterocycles. The standard InChI is InChI=1S/C41H45N5O12/c1-40(2,3)57-38(51)42-30(36(49)53-7)19-32(48)26-11-9-10-12-27(26)35-28-15-13-24(47)17-33(28)56-34-18-25(14-16-29(34)35)55-22-23-20-46(45-44-23)21-31(37(50)54-8)43-39(52)58-41(4,5)6/h9-18,20,30-31H,19,21-22H2,1-8H3,(H,42,51)(H,43,52)/t30-,31-/m0/s1. The second-order valence-electron chi connectivity index (χ2n) is 15.1. The smallest absolute Gasteiger partial charge is 0.408 e. The van der Waals surface area contributed by atoms with Gasteiger partial charge in [-0.1, -0.05) is 29.5 Å². The number of nitrogens with one attached hydrogen (secondary N) is 2. The van der Waals surface area contributed by atoms with Crippen LogP contribution in [0.1, 0.15) is 64.0 Å². The second kappa shape index (κ2) is 17.6. The summed E-state index contributed by atoms with van der Waals surface area (Å²) in [4.78, 5) is 76.5. The Morgan fingerprint density at radius 1 is 0.793 bits per heavy atom. The summed E-state index contributed by atoms with van der Waals surface area (Å²) in [5.41, 5.74) is 0.622. The number of hydrogen-bond donors (Lipinski definition) is 2. The van der Waals surface area contributed by atoms with Crippen molar-refractivity contribution in [3.63, 3.8) is 0 Å². The number of Topliss-reactive ketones (excluding diaryl/α,β-unsaturated/α-hetero) is 1. The SMILES string of the molecule is COC(=O)[C@H](CC(=O)c1ccccc1-c1c2ccc(=O)cc-2oc2cc(OCc3cn(C[C@H](NC(=O)OC(C)(C)C)C(=O)OC)nn3)ccc12)NC(=O)OC(C)(C)C. The van der Waals surface area contributed by atoms with Crippen molar-refractivity contribution < 1.29 is 52.1 Å². The molecule has 0 spiro atoms. The number of aromatic nitrogens is 3. The van der Waals surface area contributed by atoms with E-state index in [2.05, 4.69) is 20.9 Å². The molecule has 0 radical (unpaired) electrons. The molecule has 2 amide bonds. The van der Waals surface area contributed by atoms with Crippen molar-refractivity contribution >= 4 is 40.9 Å². The van der Waals surface area contributed by atoms with Crippen LogP contribution in [0.15, 0.2) is 76.1 Å². The van der Waals surface area contributed by atoms with E-state index in [9.17, 15) is 28.8 Å². The molecule has 2 aromatic carbocycles. The highest BCUT2D eigenvalue weighted by Crippen LogP contribution is 2.42. The van der Waals surface area contributed by atoms with Gasteiger partial charge in [-0.25, -0.2) is 23.9 Å². The Balaban J connectivity index is 1.42. The van der Waals surface area contributed by atoms with Crippen molar-refractivity contribution in [1.29, 1.82) is 0 Å². The van der Waals surface area contributed by atoms with Crippen molar-refractivity contribution in [1.82, 2.24) is 25.6 Å². The van der Waals surface area contributed by atoms with E-state index in [4.69, 9.17) is 28.1 Å². The van der Waals surface area contributed by atoms with E-state index in [1.54, 1.807) is 96.3 Å². The lowest BCUT2D eigenvalue weighted by molar-refractivity contribution is -0.144. The largest absolute Gasteiger partial charge is 0.487 e. The molecule has 2 N–H and O–H groups in total. The quantitative estimate of drug-likeness (QED) is 0.0657. The maximum Gasteiger partial charge on any atom is 0.408 e. The van der Waals surface area contributed by atoms with Gasteiger partial charge in [0.25, 0.3) is 0 Å². The van der Waals surface area contributed by atoms with Gasteiger partial charge in [0.2, 0.25) is 0 Å². The molecule has 2 atom stereocenters. The number of ketones is 1. The minimum atomic E-state index is -1.34. The fraction of sp³-hybridized carbons (Fsp3) is 0.366. The summed E-state index contributed by atoms with van der Waals surface area (Å²) >= 11 is 0. The van der Waals surface area contributed by atoms with Gasteiger partial charge >= 0.3 is 24.1 Å². The molecule has 5 rings (SSSR count). The molecule has 0 saturated heterocycles. The Morgan fingerprint density at radius 2 is 1.43 bits per heavy atom. The van der Waals surface area contributed by atoms with Gasteiger partial charge in [0.15, 0.2) is 11.2 Å². The van der Waals surface area contributed by atoms with E-state index in [0.29, 0.717) is 39.1 Å². The zero-order valence-electron chi connectivity index (χ0n) is 33.4. The Morgan fingerprint density at radius 3 is 2.09 bits per heavy atom. The third-order valence-corrected chi connectivity index (χ3v) is 8.25. The molecule has 3 aromatic rings. The van der Waals surface area contributed by atoms with Crippen LogP contribution in [0.25, 0.3) is 33.4 Å². The van der Waals surface area contributed by atoms with Gasteiger partial charge in [-0.3, -0.25) is 9.59 Å². The number of amides is 2. The number of benzene rings is 3. The molecule has 58 heavy (non-hydrogen) atoms. The van der Waals surface area contributed by atoms with Gasteiger partial charge in [-0.15, -0.1) is 5.10 Å². The van der Waals surface area contributed by atoms with Gasteiger partial charge in [0.1, 0.15) is 52.7 Å². The Kier molecular flexibility index (Phi) is 12.8. The first-order valence-corrected chi connectivity index (χ1v) is 18.1. The molecule has 0 unspecified atom stereocenters. The number of esters is 2. The number of alkyl carbamates (subject to hydrolysis) is 2. The van der Waals surface area contributed by atoms with Crippen LogP contribution >= 0.6 is 0 Å². The van der Waals surface area contributed by atoms with Gasteiger partial charge < -0.3 is 38.7 Å². The minimum Gasteiger partial charge on any atom is -0.487 e. The number of methoxy groups -OCH3 is 2. The topological polar surface area (TPSA) is 216 Å². The maximum absolute atomic E-state index is 14.0. The molecule has 1 aliphatic carbocycles. The van der Waals surface area contributed by atoms with Crippen LogP contribution in [0.2, 0.25) is 0 Å². The predicted molar refractivity (Wildman–Crippen MR) is 208 cm³/mol. The van der Waals surface area contributed by atoms with Crippen LogP contribution in [0.4, 0.5) is 9.59 Å². The number of fused-ring (bicyclic) bond motifs is 2. The van der Waals surface area contributed by atoms with Crippen LogP contribution in [0.5, 0.6) is 5.75 Å². The first-order valence-electron chi connectivity index (χ1n) is 18.1. The van der Waals surface area contributed by atoms with E-state index >= 15 is 0 Å². The number of carbonyl (C=O) groups excluding carboxylic acids is 5. The highest BCUT2D eigenvalue weighted by atomic mass is 16.6. The Bertz CT molecular complexity index is 2350. The van der Waals surface area contributed by atoms with Gasteiger partial charge in [0, 0.05) is 40.6 Å².